The van der Waals surface area contributed by atoms with Gasteiger partial charge in [0.15, 0.2) is 17.5 Å². The van der Waals surface area contributed by atoms with Gasteiger partial charge in [0.05, 0.1) is 11.0 Å². The lowest BCUT2D eigenvalue weighted by Crippen LogP contribution is -2.00. The van der Waals surface area contributed by atoms with E-state index >= 15 is 0 Å². The van der Waals surface area contributed by atoms with Gasteiger partial charge in [-0.1, -0.05) is 152 Å². The van der Waals surface area contributed by atoms with Crippen LogP contribution < -0.4 is 0 Å². The number of hydrogen-bond acceptors (Lipinski definition) is 5. The molecule has 0 saturated carbocycles. The maximum absolute atomic E-state index is 5.21. The van der Waals surface area contributed by atoms with Crippen LogP contribution in [0.4, 0.5) is 0 Å². The molecule has 294 valence electrons. The van der Waals surface area contributed by atoms with Crippen LogP contribution in [0.2, 0.25) is 0 Å². The van der Waals surface area contributed by atoms with E-state index in [1.807, 2.05) is 59.1 Å². The highest BCUT2D eigenvalue weighted by Crippen LogP contribution is 2.45. The molecule has 63 heavy (non-hydrogen) atoms. The van der Waals surface area contributed by atoms with Crippen LogP contribution >= 0.6 is 22.7 Å². The minimum Gasteiger partial charge on any atom is -0.309 e. The molecular formula is C57H34N4S2. The predicted molar refractivity (Wildman–Crippen MR) is 267 cm³/mol. The minimum absolute atomic E-state index is 0.625. The van der Waals surface area contributed by atoms with E-state index in [9.17, 15) is 0 Å². The zero-order chi connectivity index (χ0) is 41.4. The molecule has 9 aromatic carbocycles. The van der Waals surface area contributed by atoms with Gasteiger partial charge in [0, 0.05) is 73.5 Å². The molecule has 13 rings (SSSR count). The molecule has 0 atom stereocenters. The van der Waals surface area contributed by atoms with Crippen molar-refractivity contribution in [1.82, 2.24) is 19.5 Å². The molecule has 0 aliphatic rings. The van der Waals surface area contributed by atoms with E-state index in [4.69, 9.17) is 15.0 Å². The van der Waals surface area contributed by atoms with Crippen molar-refractivity contribution in [1.29, 1.82) is 0 Å². The molecule has 13 aromatic rings. The van der Waals surface area contributed by atoms with E-state index in [0.29, 0.717) is 17.5 Å². The maximum atomic E-state index is 5.21. The second-order valence-electron chi connectivity index (χ2n) is 16.0. The number of aromatic nitrogens is 4. The Morgan fingerprint density at radius 3 is 1.56 bits per heavy atom. The summed E-state index contributed by atoms with van der Waals surface area (Å²) in [6.07, 6.45) is 0. The van der Waals surface area contributed by atoms with Gasteiger partial charge < -0.3 is 4.57 Å². The van der Waals surface area contributed by atoms with Crippen LogP contribution in [0.15, 0.2) is 206 Å². The number of fused-ring (bicyclic) bond motifs is 10. The standard InChI is InChI=1S/C57H34N4S2/c1-3-15-35(16-4-1)55-58-56(36-17-5-2-6-18-36)60-57(59-55)40-32-38(31-39(33-40)42-24-14-25-45-43-21-8-11-27-50(43)62-53(42)45)37-19-13-20-41(34-37)61-48-26-10-7-23-47(48)52-49(61)30-29-46-44-22-9-12-28-51(44)63-54(46)52/h1-34H. The predicted octanol–water partition coefficient (Wildman–Crippen LogP) is 16.0. The Balaban J connectivity index is 1.05. The first-order valence-electron chi connectivity index (χ1n) is 21.1. The first kappa shape index (κ1) is 35.9. The van der Waals surface area contributed by atoms with E-state index in [0.717, 1.165) is 39.1 Å². The van der Waals surface area contributed by atoms with Gasteiger partial charge in [-0.15, -0.1) is 22.7 Å². The molecule has 6 heteroatoms. The first-order chi connectivity index (χ1) is 31.2. The number of para-hydroxylation sites is 1. The van der Waals surface area contributed by atoms with Crippen molar-refractivity contribution >= 4 is 84.8 Å². The molecule has 0 saturated heterocycles. The maximum Gasteiger partial charge on any atom is 0.164 e. The van der Waals surface area contributed by atoms with Crippen LogP contribution in [0.5, 0.6) is 0 Å². The normalized spacial score (nSPS) is 11.8. The number of hydrogen-bond donors (Lipinski definition) is 0. The molecule has 0 radical (unpaired) electrons. The van der Waals surface area contributed by atoms with Gasteiger partial charge in [0.2, 0.25) is 0 Å². The molecule has 0 aliphatic heterocycles. The van der Waals surface area contributed by atoms with E-state index < -0.39 is 0 Å². The Morgan fingerprint density at radius 1 is 0.317 bits per heavy atom. The lowest BCUT2D eigenvalue weighted by Gasteiger charge is -2.14. The number of rotatable bonds is 6. The fraction of sp³-hybridized carbons (Fsp3) is 0. The summed E-state index contributed by atoms with van der Waals surface area (Å²) >= 11 is 3.73. The number of nitrogens with zero attached hydrogens (tertiary/aromatic N) is 4. The van der Waals surface area contributed by atoms with Gasteiger partial charge in [0.25, 0.3) is 0 Å². The molecule has 0 bridgehead atoms. The van der Waals surface area contributed by atoms with Crippen LogP contribution in [-0.2, 0) is 0 Å². The summed E-state index contributed by atoms with van der Waals surface area (Å²) in [6.45, 7) is 0. The summed E-state index contributed by atoms with van der Waals surface area (Å²) in [7, 11) is 0. The van der Waals surface area contributed by atoms with E-state index in [1.54, 1.807) is 0 Å². The quantitative estimate of drug-likeness (QED) is 0.168. The molecule has 4 aromatic heterocycles. The Hall–Kier alpha value is -7.77. The van der Waals surface area contributed by atoms with Crippen LogP contribution in [0.3, 0.4) is 0 Å². The molecule has 0 N–H and O–H groups in total. The Kier molecular flexibility index (Phi) is 8.22. The summed E-state index contributed by atoms with van der Waals surface area (Å²) in [6, 6.07) is 73.8. The van der Waals surface area contributed by atoms with Gasteiger partial charge >= 0.3 is 0 Å². The van der Waals surface area contributed by atoms with E-state index in [-0.39, 0.29) is 0 Å². The average Bonchev–Trinajstić information content (AvgIpc) is 4.04. The van der Waals surface area contributed by atoms with Crippen molar-refractivity contribution in [2.24, 2.45) is 0 Å². The summed E-state index contributed by atoms with van der Waals surface area (Å²) in [5.41, 5.74) is 10.8. The van der Waals surface area contributed by atoms with Crippen molar-refractivity contribution in [3.05, 3.63) is 206 Å². The average molecular weight is 839 g/mol. The zero-order valence-corrected chi connectivity index (χ0v) is 35.4. The highest BCUT2D eigenvalue weighted by Gasteiger charge is 2.20. The number of benzene rings is 9. The lowest BCUT2D eigenvalue weighted by atomic mass is 9.94. The topological polar surface area (TPSA) is 43.6 Å². The van der Waals surface area contributed by atoms with Crippen LogP contribution in [0.1, 0.15) is 0 Å². The summed E-state index contributed by atoms with van der Waals surface area (Å²) < 4.78 is 7.62. The van der Waals surface area contributed by atoms with E-state index in [2.05, 4.69) is 174 Å². The molecule has 0 fully saturated rings. The molecule has 0 aliphatic carbocycles. The smallest absolute Gasteiger partial charge is 0.164 e. The van der Waals surface area contributed by atoms with Gasteiger partial charge in [-0.05, 0) is 76.9 Å². The first-order valence-corrected chi connectivity index (χ1v) is 22.7. The molecule has 4 heterocycles. The van der Waals surface area contributed by atoms with E-state index in [1.165, 1.54) is 67.7 Å². The highest BCUT2D eigenvalue weighted by atomic mass is 32.1. The largest absolute Gasteiger partial charge is 0.309 e. The highest BCUT2D eigenvalue weighted by molar-refractivity contribution is 7.27. The summed E-state index contributed by atoms with van der Waals surface area (Å²) in [5.74, 6) is 1.90. The fourth-order valence-corrected chi connectivity index (χ4v) is 11.8. The third kappa shape index (κ3) is 5.91. The molecule has 0 spiro atoms. The van der Waals surface area contributed by atoms with Crippen molar-refractivity contribution in [2.45, 2.75) is 0 Å². The molecule has 0 unspecified atom stereocenters. The van der Waals surface area contributed by atoms with Crippen LogP contribution in [-0.4, -0.2) is 19.5 Å². The molecule has 4 nitrogen and oxygen atoms in total. The minimum atomic E-state index is 0.625. The monoisotopic (exact) mass is 838 g/mol. The lowest BCUT2D eigenvalue weighted by molar-refractivity contribution is 1.07. The van der Waals surface area contributed by atoms with Gasteiger partial charge in [0.1, 0.15) is 0 Å². The third-order valence-electron chi connectivity index (χ3n) is 12.2. The van der Waals surface area contributed by atoms with Crippen LogP contribution in [0.25, 0.3) is 124 Å². The summed E-state index contributed by atoms with van der Waals surface area (Å²) in [4.78, 5) is 15.4. The molecule has 0 amide bonds. The van der Waals surface area contributed by atoms with Gasteiger partial charge in [-0.25, -0.2) is 15.0 Å². The van der Waals surface area contributed by atoms with Crippen molar-refractivity contribution in [2.75, 3.05) is 0 Å². The van der Waals surface area contributed by atoms with Crippen molar-refractivity contribution < 1.29 is 0 Å². The second-order valence-corrected chi connectivity index (χ2v) is 18.1. The Morgan fingerprint density at radius 2 is 0.841 bits per heavy atom. The fourth-order valence-electron chi connectivity index (χ4n) is 9.33. The zero-order valence-electron chi connectivity index (χ0n) is 33.7. The van der Waals surface area contributed by atoms with Crippen molar-refractivity contribution in [3.8, 4) is 62.1 Å². The van der Waals surface area contributed by atoms with Crippen LogP contribution in [0, 0.1) is 0 Å². The second kappa shape index (κ2) is 14.4. The number of thiophene rings is 2. The Labute approximate surface area is 370 Å². The summed E-state index contributed by atoms with van der Waals surface area (Å²) in [5, 5.41) is 7.72. The Bertz CT molecular complexity index is 3860. The third-order valence-corrected chi connectivity index (χ3v) is 14.6. The SMILES string of the molecule is c1ccc(-c2nc(-c3ccccc3)nc(-c3cc(-c4cccc(-n5c6ccccc6c6c7sc8ccccc8c7ccc65)c4)cc(-c4cccc5c4sc4ccccc45)c3)n2)cc1. The van der Waals surface area contributed by atoms with Gasteiger partial charge in [-0.2, -0.15) is 0 Å². The van der Waals surface area contributed by atoms with Gasteiger partial charge in [-0.3, -0.25) is 0 Å². The van der Waals surface area contributed by atoms with Crippen molar-refractivity contribution in [3.63, 3.8) is 0 Å². The molecular weight excluding hydrogens is 805 g/mol.